The van der Waals surface area contributed by atoms with Gasteiger partial charge in [-0.05, 0) is 12.1 Å². The van der Waals surface area contributed by atoms with E-state index in [0.29, 0.717) is 36.2 Å². The van der Waals surface area contributed by atoms with Crippen molar-refractivity contribution in [3.63, 3.8) is 0 Å². The first-order valence-corrected chi connectivity index (χ1v) is 7.17. The number of carbonyl (C=O) groups is 1. The molecule has 0 bridgehead atoms. The topological polar surface area (TPSA) is 64.3 Å². The normalized spacial score (nSPS) is 10.3. The first-order chi connectivity index (χ1) is 8.74. The summed E-state index contributed by atoms with van der Waals surface area (Å²) in [5, 5.41) is 3.30. The van der Waals surface area contributed by atoms with E-state index in [1.807, 2.05) is 12.1 Å². The summed E-state index contributed by atoms with van der Waals surface area (Å²) in [6, 6.07) is 7.16. The number of nitrogens with one attached hydrogen (secondary N) is 1. The minimum absolute atomic E-state index is 0.0630. The summed E-state index contributed by atoms with van der Waals surface area (Å²) in [7, 11) is 0. The number of rotatable bonds is 8. The van der Waals surface area contributed by atoms with Gasteiger partial charge in [0.05, 0.1) is 29.7 Å². The molecule has 1 amide bonds. The number of halogens is 1. The first kappa shape index (κ1) is 15.3. The molecule has 1 rings (SSSR count). The lowest BCUT2D eigenvalue weighted by atomic mass is 10.3. The Morgan fingerprint density at radius 1 is 1.39 bits per heavy atom. The van der Waals surface area contributed by atoms with Gasteiger partial charge < -0.3 is 15.8 Å². The molecule has 1 aromatic rings. The molecule has 0 saturated heterocycles. The Labute approximate surface area is 116 Å². The summed E-state index contributed by atoms with van der Waals surface area (Å²) in [5.74, 6) is 1.10. The third-order valence-corrected chi connectivity index (χ3v) is 3.27. The van der Waals surface area contributed by atoms with E-state index in [-0.39, 0.29) is 5.91 Å². The highest BCUT2D eigenvalue weighted by atomic mass is 35.5. The van der Waals surface area contributed by atoms with Crippen LogP contribution in [0.4, 0.5) is 5.69 Å². The van der Waals surface area contributed by atoms with Gasteiger partial charge in [-0.15, -0.1) is 11.8 Å². The Kier molecular flexibility index (Phi) is 7.84. The van der Waals surface area contributed by atoms with Gasteiger partial charge in [-0.2, -0.15) is 0 Å². The smallest absolute Gasteiger partial charge is 0.234 e. The number of benzene rings is 1. The molecule has 0 unspecified atom stereocenters. The van der Waals surface area contributed by atoms with Crippen LogP contribution < -0.4 is 11.1 Å². The van der Waals surface area contributed by atoms with Crippen molar-refractivity contribution in [1.82, 2.24) is 0 Å². The van der Waals surface area contributed by atoms with Crippen LogP contribution in [-0.2, 0) is 9.53 Å². The predicted molar refractivity (Wildman–Crippen MR) is 77.3 cm³/mol. The van der Waals surface area contributed by atoms with Crippen molar-refractivity contribution in [2.75, 3.05) is 36.6 Å². The maximum absolute atomic E-state index is 11.6. The van der Waals surface area contributed by atoms with Crippen molar-refractivity contribution >= 4 is 35.0 Å². The Bertz CT molecular complexity index is 377. The number of anilines is 1. The maximum Gasteiger partial charge on any atom is 0.234 e. The maximum atomic E-state index is 11.6. The minimum atomic E-state index is -0.0630. The van der Waals surface area contributed by atoms with Crippen molar-refractivity contribution in [3.05, 3.63) is 29.3 Å². The van der Waals surface area contributed by atoms with E-state index in [1.165, 1.54) is 11.8 Å². The van der Waals surface area contributed by atoms with Crippen molar-refractivity contribution in [2.45, 2.75) is 0 Å². The van der Waals surface area contributed by atoms with Crippen LogP contribution in [0.3, 0.4) is 0 Å². The standard InChI is InChI=1S/C12H17ClN2O2S/c13-10-3-1-2-4-11(10)15-12(16)9-18-8-7-17-6-5-14/h1-4H,5-9,14H2,(H,15,16). The fourth-order valence-corrected chi connectivity index (χ4v) is 2.04. The molecule has 0 fully saturated rings. The van der Waals surface area contributed by atoms with E-state index in [9.17, 15) is 4.79 Å². The number of hydrogen-bond acceptors (Lipinski definition) is 4. The number of carbonyl (C=O) groups excluding carboxylic acids is 1. The fourth-order valence-electron chi connectivity index (χ4n) is 1.22. The average Bonchev–Trinajstić information content (AvgIpc) is 2.36. The molecule has 6 heteroatoms. The summed E-state index contributed by atoms with van der Waals surface area (Å²) in [6.07, 6.45) is 0. The average molecular weight is 289 g/mol. The van der Waals surface area contributed by atoms with Gasteiger partial charge in [-0.25, -0.2) is 0 Å². The summed E-state index contributed by atoms with van der Waals surface area (Å²) in [4.78, 5) is 11.6. The van der Waals surface area contributed by atoms with E-state index in [4.69, 9.17) is 22.1 Å². The number of hydrogen-bond donors (Lipinski definition) is 2. The molecule has 0 aliphatic carbocycles. The summed E-state index contributed by atoms with van der Waals surface area (Å²) in [6.45, 7) is 1.70. The molecule has 0 spiro atoms. The molecule has 0 aliphatic heterocycles. The zero-order valence-electron chi connectivity index (χ0n) is 10.0. The zero-order chi connectivity index (χ0) is 13.2. The van der Waals surface area contributed by atoms with E-state index < -0.39 is 0 Å². The molecule has 0 aliphatic rings. The highest BCUT2D eigenvalue weighted by Gasteiger charge is 2.04. The van der Waals surface area contributed by atoms with Crippen LogP contribution in [0.25, 0.3) is 0 Å². The van der Waals surface area contributed by atoms with Gasteiger partial charge in [0.2, 0.25) is 5.91 Å². The molecule has 100 valence electrons. The molecular weight excluding hydrogens is 272 g/mol. The van der Waals surface area contributed by atoms with Crippen molar-refractivity contribution in [2.24, 2.45) is 5.73 Å². The highest BCUT2D eigenvalue weighted by molar-refractivity contribution is 7.99. The van der Waals surface area contributed by atoms with Crippen LogP contribution in [0, 0.1) is 0 Å². The third-order valence-electron chi connectivity index (χ3n) is 2.02. The molecule has 18 heavy (non-hydrogen) atoms. The number of ether oxygens (including phenoxy) is 1. The van der Waals surface area contributed by atoms with E-state index in [1.54, 1.807) is 12.1 Å². The monoisotopic (exact) mass is 288 g/mol. The van der Waals surface area contributed by atoms with Gasteiger partial charge in [-0.3, -0.25) is 4.79 Å². The molecule has 1 aromatic carbocycles. The van der Waals surface area contributed by atoms with Gasteiger partial charge in [0, 0.05) is 12.3 Å². The summed E-state index contributed by atoms with van der Waals surface area (Å²) in [5.41, 5.74) is 5.93. The van der Waals surface area contributed by atoms with Gasteiger partial charge in [0.15, 0.2) is 0 Å². The Balaban J connectivity index is 2.16. The largest absolute Gasteiger partial charge is 0.379 e. The van der Waals surface area contributed by atoms with Gasteiger partial charge in [0.25, 0.3) is 0 Å². The highest BCUT2D eigenvalue weighted by Crippen LogP contribution is 2.20. The molecular formula is C12H17ClN2O2S. The van der Waals surface area contributed by atoms with Crippen molar-refractivity contribution < 1.29 is 9.53 Å². The van der Waals surface area contributed by atoms with E-state index in [0.717, 1.165) is 5.75 Å². The van der Waals surface area contributed by atoms with Crippen LogP contribution >= 0.6 is 23.4 Å². The minimum Gasteiger partial charge on any atom is -0.379 e. The lowest BCUT2D eigenvalue weighted by molar-refractivity contribution is -0.113. The van der Waals surface area contributed by atoms with Crippen LogP contribution in [-0.4, -0.2) is 37.2 Å². The quantitative estimate of drug-likeness (QED) is 0.718. The molecule has 0 atom stereocenters. The molecule has 0 heterocycles. The van der Waals surface area contributed by atoms with Crippen molar-refractivity contribution in [1.29, 1.82) is 0 Å². The zero-order valence-corrected chi connectivity index (χ0v) is 11.6. The number of para-hydroxylation sites is 1. The SMILES string of the molecule is NCCOCCSCC(=O)Nc1ccccc1Cl. The van der Waals surface area contributed by atoms with Crippen LogP contribution in [0.15, 0.2) is 24.3 Å². The molecule has 0 saturated carbocycles. The lowest BCUT2D eigenvalue weighted by Gasteiger charge is -2.06. The van der Waals surface area contributed by atoms with Gasteiger partial charge >= 0.3 is 0 Å². The first-order valence-electron chi connectivity index (χ1n) is 5.64. The Morgan fingerprint density at radius 2 is 2.17 bits per heavy atom. The molecule has 3 N–H and O–H groups in total. The number of thioether (sulfide) groups is 1. The Hall–Kier alpha value is -0.750. The summed E-state index contributed by atoms with van der Waals surface area (Å²) < 4.78 is 5.20. The number of nitrogens with two attached hydrogens (primary N) is 1. The Morgan fingerprint density at radius 3 is 2.89 bits per heavy atom. The number of amides is 1. The van der Waals surface area contributed by atoms with Gasteiger partial charge in [-0.1, -0.05) is 23.7 Å². The second-order valence-corrected chi connectivity index (χ2v) is 4.99. The fraction of sp³-hybridized carbons (Fsp3) is 0.417. The molecule has 0 radical (unpaired) electrons. The van der Waals surface area contributed by atoms with Crippen molar-refractivity contribution in [3.8, 4) is 0 Å². The van der Waals surface area contributed by atoms with Crippen LogP contribution in [0.5, 0.6) is 0 Å². The van der Waals surface area contributed by atoms with E-state index >= 15 is 0 Å². The molecule has 4 nitrogen and oxygen atoms in total. The van der Waals surface area contributed by atoms with Crippen LogP contribution in [0.1, 0.15) is 0 Å². The molecule has 0 aromatic heterocycles. The predicted octanol–water partition coefficient (Wildman–Crippen LogP) is 1.99. The lowest BCUT2D eigenvalue weighted by Crippen LogP contribution is -2.15. The third kappa shape index (κ3) is 6.26. The van der Waals surface area contributed by atoms with E-state index in [2.05, 4.69) is 5.32 Å². The summed E-state index contributed by atoms with van der Waals surface area (Å²) >= 11 is 7.45. The second kappa shape index (κ2) is 9.22. The van der Waals surface area contributed by atoms with Gasteiger partial charge in [0.1, 0.15) is 0 Å². The second-order valence-electron chi connectivity index (χ2n) is 3.48. The van der Waals surface area contributed by atoms with Crippen LogP contribution in [0.2, 0.25) is 5.02 Å².